The summed E-state index contributed by atoms with van der Waals surface area (Å²) in [7, 11) is 0. The number of nitrogens with zero attached hydrogens (tertiary/aromatic N) is 3. The van der Waals surface area contributed by atoms with E-state index in [0.717, 1.165) is 5.39 Å². The topological polar surface area (TPSA) is 88.6 Å². The van der Waals surface area contributed by atoms with Gasteiger partial charge in [-0.1, -0.05) is 30.3 Å². The Kier molecular flexibility index (Phi) is 5.26. The van der Waals surface area contributed by atoms with Crippen molar-refractivity contribution in [3.05, 3.63) is 102 Å². The number of halogens is 1. The van der Waals surface area contributed by atoms with Gasteiger partial charge < -0.3 is 19.0 Å². The predicted octanol–water partition coefficient (Wildman–Crippen LogP) is 4.44. The van der Waals surface area contributed by atoms with Crippen molar-refractivity contribution in [2.24, 2.45) is 0 Å². The van der Waals surface area contributed by atoms with Crippen molar-refractivity contribution in [3.63, 3.8) is 0 Å². The van der Waals surface area contributed by atoms with Crippen molar-refractivity contribution in [3.8, 4) is 0 Å². The number of hydrogen-bond donors (Lipinski definition) is 1. The van der Waals surface area contributed by atoms with Gasteiger partial charge in [-0.15, -0.1) is 0 Å². The first kappa shape index (κ1) is 20.7. The number of hydrogen-bond acceptors (Lipinski definition) is 5. The van der Waals surface area contributed by atoms with E-state index in [4.69, 9.17) is 4.42 Å². The van der Waals surface area contributed by atoms with Crippen LogP contribution in [0.25, 0.3) is 11.0 Å². The van der Waals surface area contributed by atoms with Crippen LogP contribution in [-0.2, 0) is 11.3 Å². The number of aryl methyl sites for hydroxylation is 1. The van der Waals surface area contributed by atoms with Crippen molar-refractivity contribution in [2.75, 3.05) is 6.54 Å². The molecule has 166 valence electrons. The van der Waals surface area contributed by atoms with E-state index < -0.39 is 29.3 Å². The van der Waals surface area contributed by atoms with Crippen LogP contribution in [0.1, 0.15) is 28.6 Å². The standard InChI is InChI=1S/C25H20FN3O4/c26-18-8-6-16(7-9-18)22-21(23(30)20-14-17-4-1-2-5-19(17)33-20)24(31)25(32)29(22)12-3-11-28-13-10-27-15-28/h1-2,4-10,13-15,22,31H,3,11-12H2. The Morgan fingerprint density at radius 3 is 2.64 bits per heavy atom. The molecule has 0 bridgehead atoms. The van der Waals surface area contributed by atoms with Crippen LogP contribution in [0, 0.1) is 5.82 Å². The zero-order valence-corrected chi connectivity index (χ0v) is 17.5. The molecule has 2 aromatic heterocycles. The van der Waals surface area contributed by atoms with Gasteiger partial charge in [0.05, 0.1) is 17.9 Å². The number of aliphatic hydroxyl groups is 1. The Hall–Kier alpha value is -4.20. The highest BCUT2D eigenvalue weighted by atomic mass is 19.1. The number of ketones is 1. The first-order valence-electron chi connectivity index (χ1n) is 10.5. The zero-order chi connectivity index (χ0) is 22.9. The van der Waals surface area contributed by atoms with Gasteiger partial charge in [-0.25, -0.2) is 9.37 Å². The second-order valence-corrected chi connectivity index (χ2v) is 7.85. The second-order valence-electron chi connectivity index (χ2n) is 7.85. The molecule has 1 atom stereocenters. The lowest BCUT2D eigenvalue weighted by atomic mass is 9.95. The number of aromatic nitrogens is 2. The van der Waals surface area contributed by atoms with Crippen molar-refractivity contribution >= 4 is 22.7 Å². The predicted molar refractivity (Wildman–Crippen MR) is 118 cm³/mol. The third-order valence-electron chi connectivity index (χ3n) is 5.76. The molecule has 7 nitrogen and oxygen atoms in total. The lowest BCUT2D eigenvalue weighted by Gasteiger charge is -2.26. The number of furan rings is 1. The fourth-order valence-corrected chi connectivity index (χ4v) is 4.18. The summed E-state index contributed by atoms with van der Waals surface area (Å²) >= 11 is 0. The Labute approximate surface area is 188 Å². The summed E-state index contributed by atoms with van der Waals surface area (Å²) in [4.78, 5) is 31.9. The lowest BCUT2D eigenvalue weighted by Crippen LogP contribution is -2.32. The summed E-state index contributed by atoms with van der Waals surface area (Å²) in [6, 6.07) is 13.5. The van der Waals surface area contributed by atoms with Crippen LogP contribution in [0.2, 0.25) is 0 Å². The molecule has 5 rings (SSSR count). The Bertz CT molecular complexity index is 1320. The Morgan fingerprint density at radius 1 is 1.12 bits per heavy atom. The minimum atomic E-state index is -0.860. The molecule has 0 spiro atoms. The third-order valence-corrected chi connectivity index (χ3v) is 5.76. The van der Waals surface area contributed by atoms with Gasteiger partial charge in [0.25, 0.3) is 5.91 Å². The molecule has 4 aromatic rings. The molecule has 1 unspecified atom stereocenters. The molecule has 2 aromatic carbocycles. The monoisotopic (exact) mass is 445 g/mol. The summed E-state index contributed by atoms with van der Waals surface area (Å²) < 4.78 is 21.2. The molecule has 0 fully saturated rings. The van der Waals surface area contributed by atoms with E-state index in [2.05, 4.69) is 4.98 Å². The van der Waals surface area contributed by atoms with Gasteiger partial charge in [-0.2, -0.15) is 0 Å². The fraction of sp³-hybridized carbons (Fsp3) is 0.160. The van der Waals surface area contributed by atoms with Gasteiger partial charge >= 0.3 is 0 Å². The van der Waals surface area contributed by atoms with Gasteiger partial charge in [-0.05, 0) is 36.2 Å². The number of fused-ring (bicyclic) bond motifs is 1. The van der Waals surface area contributed by atoms with E-state index >= 15 is 0 Å². The molecule has 3 heterocycles. The average Bonchev–Trinajstić information content (AvgIpc) is 3.54. The van der Waals surface area contributed by atoms with Crippen LogP contribution in [0.3, 0.4) is 0 Å². The minimum Gasteiger partial charge on any atom is -0.503 e. The van der Waals surface area contributed by atoms with E-state index in [1.54, 1.807) is 30.7 Å². The average molecular weight is 445 g/mol. The Morgan fingerprint density at radius 2 is 1.91 bits per heavy atom. The molecule has 1 aliphatic heterocycles. The van der Waals surface area contributed by atoms with Crippen LogP contribution in [0.4, 0.5) is 4.39 Å². The molecule has 33 heavy (non-hydrogen) atoms. The molecule has 1 aliphatic rings. The van der Waals surface area contributed by atoms with E-state index in [0.29, 0.717) is 24.1 Å². The van der Waals surface area contributed by atoms with Crippen LogP contribution in [0.5, 0.6) is 0 Å². The summed E-state index contributed by atoms with van der Waals surface area (Å²) in [6.45, 7) is 0.882. The summed E-state index contributed by atoms with van der Waals surface area (Å²) in [6.07, 6.45) is 5.73. The summed E-state index contributed by atoms with van der Waals surface area (Å²) in [5.74, 6) is -2.25. The summed E-state index contributed by atoms with van der Waals surface area (Å²) in [5, 5.41) is 11.5. The van der Waals surface area contributed by atoms with Crippen molar-refractivity contribution < 1.29 is 23.5 Å². The number of amides is 1. The highest BCUT2D eigenvalue weighted by Gasteiger charge is 2.44. The molecular formula is C25H20FN3O4. The van der Waals surface area contributed by atoms with Crippen LogP contribution in [-0.4, -0.2) is 37.8 Å². The van der Waals surface area contributed by atoms with E-state index in [1.165, 1.54) is 29.2 Å². The SMILES string of the molecule is O=C(C1=C(O)C(=O)N(CCCn2ccnc2)C1c1ccc(F)cc1)c1cc2ccccc2o1. The minimum absolute atomic E-state index is 0.0259. The highest BCUT2D eigenvalue weighted by molar-refractivity contribution is 6.16. The van der Waals surface area contributed by atoms with Crippen LogP contribution in [0.15, 0.2) is 89.1 Å². The number of carbonyl (C=O) groups is 2. The summed E-state index contributed by atoms with van der Waals surface area (Å²) in [5.41, 5.74) is 0.977. The fourth-order valence-electron chi connectivity index (χ4n) is 4.18. The van der Waals surface area contributed by atoms with Gasteiger partial charge in [0, 0.05) is 30.9 Å². The molecule has 0 radical (unpaired) electrons. The van der Waals surface area contributed by atoms with Gasteiger partial charge in [0.15, 0.2) is 11.5 Å². The maximum absolute atomic E-state index is 13.6. The smallest absolute Gasteiger partial charge is 0.290 e. The number of carbonyl (C=O) groups excluding carboxylic acids is 2. The molecule has 1 N–H and O–H groups in total. The first-order chi connectivity index (χ1) is 16.0. The number of benzene rings is 2. The molecule has 1 amide bonds. The number of Topliss-reactive ketones (excluding diaryl/α,β-unsaturated/α-hetero) is 1. The van der Waals surface area contributed by atoms with Gasteiger partial charge in [0.1, 0.15) is 11.4 Å². The number of rotatable bonds is 7. The van der Waals surface area contributed by atoms with E-state index in [-0.39, 0.29) is 17.9 Å². The van der Waals surface area contributed by atoms with E-state index in [9.17, 15) is 19.1 Å². The lowest BCUT2D eigenvalue weighted by molar-refractivity contribution is -0.129. The number of para-hydroxylation sites is 1. The van der Waals surface area contributed by atoms with Crippen molar-refractivity contribution in [1.82, 2.24) is 14.5 Å². The number of aliphatic hydroxyl groups excluding tert-OH is 1. The van der Waals surface area contributed by atoms with Crippen LogP contribution >= 0.6 is 0 Å². The first-order valence-corrected chi connectivity index (χ1v) is 10.5. The van der Waals surface area contributed by atoms with Gasteiger partial charge in [0.2, 0.25) is 5.78 Å². The quantitative estimate of drug-likeness (QED) is 0.425. The largest absolute Gasteiger partial charge is 0.503 e. The third kappa shape index (κ3) is 3.80. The van der Waals surface area contributed by atoms with Crippen molar-refractivity contribution in [1.29, 1.82) is 0 Å². The molecule has 0 aliphatic carbocycles. The molecular weight excluding hydrogens is 425 g/mol. The molecule has 0 saturated heterocycles. The highest BCUT2D eigenvalue weighted by Crippen LogP contribution is 2.39. The molecule has 8 heteroatoms. The normalized spacial score (nSPS) is 16.2. The Balaban J connectivity index is 1.50. The zero-order valence-electron chi connectivity index (χ0n) is 17.5. The second kappa shape index (κ2) is 8.38. The maximum Gasteiger partial charge on any atom is 0.290 e. The van der Waals surface area contributed by atoms with Crippen LogP contribution < -0.4 is 0 Å². The number of imidazole rings is 1. The van der Waals surface area contributed by atoms with E-state index in [1.807, 2.05) is 22.9 Å². The van der Waals surface area contributed by atoms with Gasteiger partial charge in [-0.3, -0.25) is 9.59 Å². The molecule has 0 saturated carbocycles. The maximum atomic E-state index is 13.6. The van der Waals surface area contributed by atoms with Crippen molar-refractivity contribution in [2.45, 2.75) is 19.0 Å².